The van der Waals surface area contributed by atoms with Crippen molar-refractivity contribution in [3.8, 4) is 22.4 Å². The first-order valence-electron chi connectivity index (χ1n) is 12.6. The topological polar surface area (TPSA) is 90.8 Å². The summed E-state index contributed by atoms with van der Waals surface area (Å²) in [4.78, 5) is 31.3. The van der Waals surface area contributed by atoms with Gasteiger partial charge in [0.05, 0.1) is 11.9 Å². The van der Waals surface area contributed by atoms with Crippen molar-refractivity contribution >= 4 is 35.7 Å². The summed E-state index contributed by atoms with van der Waals surface area (Å²) in [5.41, 5.74) is 4.94. The van der Waals surface area contributed by atoms with Crippen molar-refractivity contribution in [1.29, 1.82) is 0 Å². The molecule has 4 aromatic rings. The molecule has 8 nitrogen and oxygen atoms in total. The van der Waals surface area contributed by atoms with Gasteiger partial charge >= 0.3 is 12.2 Å². The number of pyridine rings is 1. The maximum atomic E-state index is 13.1. The molecule has 1 aliphatic heterocycles. The third-order valence-electron chi connectivity index (χ3n) is 6.45. The number of imidazole rings is 1. The molecule has 3 N–H and O–H groups in total. The smallest absolute Gasteiger partial charge is 0.337 e. The molecule has 0 saturated carbocycles. The van der Waals surface area contributed by atoms with E-state index >= 15 is 0 Å². The van der Waals surface area contributed by atoms with Crippen LogP contribution in [-0.4, -0.2) is 65.1 Å². The molecule has 0 bridgehead atoms. The number of urea groups is 1. The molecule has 1 fully saturated rings. The van der Waals surface area contributed by atoms with E-state index in [1.54, 1.807) is 29.7 Å². The van der Waals surface area contributed by atoms with Gasteiger partial charge in [-0.05, 0) is 60.5 Å². The van der Waals surface area contributed by atoms with Gasteiger partial charge in [-0.1, -0.05) is 24.3 Å². The molecule has 0 atom stereocenters. The second-order valence-corrected chi connectivity index (χ2v) is 9.27. The van der Waals surface area contributed by atoms with Gasteiger partial charge in [0.25, 0.3) is 5.91 Å². The summed E-state index contributed by atoms with van der Waals surface area (Å²) in [6.45, 7) is 1.69. The Labute approximate surface area is 235 Å². The number of aromatic nitrogens is 2. The highest BCUT2D eigenvalue weighted by Crippen LogP contribution is 2.27. The van der Waals surface area contributed by atoms with Crippen molar-refractivity contribution in [2.24, 2.45) is 0 Å². The highest BCUT2D eigenvalue weighted by atomic mass is 35.5. The van der Waals surface area contributed by atoms with Crippen LogP contribution in [0.4, 0.5) is 23.7 Å². The molecule has 40 heavy (non-hydrogen) atoms. The van der Waals surface area contributed by atoms with Crippen LogP contribution in [0.2, 0.25) is 0 Å². The van der Waals surface area contributed by atoms with Crippen LogP contribution in [0.5, 0.6) is 0 Å². The molecule has 0 aliphatic carbocycles. The van der Waals surface area contributed by atoms with E-state index in [0.717, 1.165) is 48.4 Å². The van der Waals surface area contributed by atoms with Gasteiger partial charge in [-0.3, -0.25) is 9.20 Å². The molecule has 210 valence electrons. The Morgan fingerprint density at radius 3 is 2.55 bits per heavy atom. The van der Waals surface area contributed by atoms with Gasteiger partial charge in [-0.2, -0.15) is 13.2 Å². The summed E-state index contributed by atoms with van der Waals surface area (Å²) in [5, 5.41) is 7.52. The van der Waals surface area contributed by atoms with E-state index in [1.807, 2.05) is 58.0 Å². The summed E-state index contributed by atoms with van der Waals surface area (Å²) in [5.74, 6) is 0.0188. The Bertz CT molecular complexity index is 1500. The molecule has 0 radical (unpaired) electrons. The van der Waals surface area contributed by atoms with Crippen molar-refractivity contribution in [2.45, 2.75) is 12.6 Å². The summed E-state index contributed by atoms with van der Waals surface area (Å²) in [6, 6.07) is 17.3. The molecule has 0 spiro atoms. The van der Waals surface area contributed by atoms with Gasteiger partial charge in [0, 0.05) is 42.6 Å². The van der Waals surface area contributed by atoms with E-state index < -0.39 is 18.8 Å². The SMILES string of the molecule is Cl.O=C(NCC(F)(F)F)Nc1cccc(-c2cnc3cc(-c4cccc(C(=O)N5CCCNCC5)c4)ccn23)c1. The Kier molecular flexibility index (Phi) is 8.96. The van der Waals surface area contributed by atoms with E-state index in [9.17, 15) is 22.8 Å². The lowest BCUT2D eigenvalue weighted by Crippen LogP contribution is -2.36. The van der Waals surface area contributed by atoms with Gasteiger partial charge in [0.2, 0.25) is 0 Å². The minimum Gasteiger partial charge on any atom is -0.337 e. The molecule has 2 aromatic carbocycles. The third kappa shape index (κ3) is 6.91. The van der Waals surface area contributed by atoms with Crippen LogP contribution in [0.3, 0.4) is 0 Å². The molecule has 1 aliphatic rings. The molecule has 3 amide bonds. The fraction of sp³-hybridized carbons (Fsp3) is 0.250. The van der Waals surface area contributed by atoms with Crippen molar-refractivity contribution in [1.82, 2.24) is 24.9 Å². The van der Waals surface area contributed by atoms with Crippen molar-refractivity contribution in [2.75, 3.05) is 38.0 Å². The first-order valence-corrected chi connectivity index (χ1v) is 12.6. The third-order valence-corrected chi connectivity index (χ3v) is 6.45. The maximum Gasteiger partial charge on any atom is 0.405 e. The number of carbonyl (C=O) groups excluding carboxylic acids is 2. The summed E-state index contributed by atoms with van der Waals surface area (Å²) >= 11 is 0. The van der Waals surface area contributed by atoms with Crippen LogP contribution in [0.15, 0.2) is 73.1 Å². The fourth-order valence-corrected chi connectivity index (χ4v) is 4.55. The average molecular weight is 573 g/mol. The predicted molar refractivity (Wildman–Crippen MR) is 150 cm³/mol. The zero-order chi connectivity index (χ0) is 27.4. The largest absolute Gasteiger partial charge is 0.405 e. The Morgan fingerprint density at radius 2 is 1.73 bits per heavy atom. The Balaban J connectivity index is 0.00000370. The van der Waals surface area contributed by atoms with E-state index in [-0.39, 0.29) is 18.3 Å². The van der Waals surface area contributed by atoms with E-state index in [2.05, 4.69) is 15.6 Å². The summed E-state index contributed by atoms with van der Waals surface area (Å²) < 4.78 is 39.0. The normalized spacial score (nSPS) is 13.8. The average Bonchev–Trinajstić information content (AvgIpc) is 3.16. The molecule has 0 unspecified atom stereocenters. The molecule has 2 aromatic heterocycles. The zero-order valence-electron chi connectivity index (χ0n) is 21.4. The van der Waals surface area contributed by atoms with E-state index in [0.29, 0.717) is 23.4 Å². The van der Waals surface area contributed by atoms with Gasteiger partial charge in [0.15, 0.2) is 0 Å². The molecular weight excluding hydrogens is 545 g/mol. The second kappa shape index (κ2) is 12.4. The molecule has 5 rings (SSSR count). The zero-order valence-corrected chi connectivity index (χ0v) is 22.2. The molecule has 1 saturated heterocycles. The standard InChI is InChI=1S/C28H27F3N6O2.ClH/c29-28(30,31)18-34-27(39)35-23-7-2-5-21(15-23)24-17-33-25-16-20(8-12-37(24)25)19-4-1-6-22(14-19)26(38)36-11-3-9-32-10-13-36;/h1-2,4-8,12,14-17,32H,3,9-11,13,18H2,(H2,34,35,39);1H. The van der Waals surface area contributed by atoms with Crippen molar-refractivity contribution in [3.05, 3.63) is 78.6 Å². The van der Waals surface area contributed by atoms with Gasteiger partial charge in [-0.25, -0.2) is 9.78 Å². The number of hydrogen-bond donors (Lipinski definition) is 3. The highest BCUT2D eigenvalue weighted by Gasteiger charge is 2.27. The lowest BCUT2D eigenvalue weighted by atomic mass is 10.0. The summed E-state index contributed by atoms with van der Waals surface area (Å²) in [6.07, 6.45) is -0.00221. The number of anilines is 1. The lowest BCUT2D eigenvalue weighted by molar-refractivity contribution is -0.122. The number of nitrogens with zero attached hydrogens (tertiary/aromatic N) is 3. The Hall–Kier alpha value is -4.09. The molecule has 12 heteroatoms. The Morgan fingerprint density at radius 1 is 0.950 bits per heavy atom. The lowest BCUT2D eigenvalue weighted by Gasteiger charge is -2.20. The number of amides is 3. The van der Waals surface area contributed by atoms with Crippen LogP contribution >= 0.6 is 12.4 Å². The van der Waals surface area contributed by atoms with Gasteiger partial charge < -0.3 is 20.9 Å². The van der Waals surface area contributed by atoms with Crippen molar-refractivity contribution in [3.63, 3.8) is 0 Å². The monoisotopic (exact) mass is 572 g/mol. The number of benzene rings is 2. The second-order valence-electron chi connectivity index (χ2n) is 9.27. The minimum atomic E-state index is -4.49. The number of nitrogens with one attached hydrogen (secondary N) is 3. The minimum absolute atomic E-state index is 0. The highest BCUT2D eigenvalue weighted by molar-refractivity contribution is 5.95. The summed E-state index contributed by atoms with van der Waals surface area (Å²) in [7, 11) is 0. The maximum absolute atomic E-state index is 13.1. The number of alkyl halides is 3. The number of fused-ring (bicyclic) bond motifs is 1. The molecular formula is C28H28ClF3N6O2. The van der Waals surface area contributed by atoms with E-state index in [1.165, 1.54) is 0 Å². The van der Waals surface area contributed by atoms with Crippen LogP contribution in [0.25, 0.3) is 28.0 Å². The fourth-order valence-electron chi connectivity index (χ4n) is 4.55. The van der Waals surface area contributed by atoms with Crippen molar-refractivity contribution < 1.29 is 22.8 Å². The molecule has 3 heterocycles. The van der Waals surface area contributed by atoms with E-state index in [4.69, 9.17) is 0 Å². The van der Waals surface area contributed by atoms with Gasteiger partial charge in [0.1, 0.15) is 12.2 Å². The van der Waals surface area contributed by atoms with Gasteiger partial charge in [-0.15, -0.1) is 12.4 Å². The number of carbonyl (C=O) groups is 2. The van der Waals surface area contributed by atoms with Crippen LogP contribution < -0.4 is 16.0 Å². The van der Waals surface area contributed by atoms with Crippen LogP contribution in [0.1, 0.15) is 16.8 Å². The van der Waals surface area contributed by atoms with Crippen LogP contribution in [-0.2, 0) is 0 Å². The quantitative estimate of drug-likeness (QED) is 0.306. The predicted octanol–water partition coefficient (Wildman–Crippen LogP) is 5.21. The number of rotatable bonds is 5. The first-order chi connectivity index (χ1) is 18.8. The van der Waals surface area contributed by atoms with Crippen LogP contribution in [0, 0.1) is 0 Å². The number of hydrogen-bond acceptors (Lipinski definition) is 4. The number of halogens is 4. The first kappa shape index (κ1) is 28.9.